The molecule has 0 fully saturated rings. The predicted octanol–water partition coefficient (Wildman–Crippen LogP) is 5.12. The van der Waals surface area contributed by atoms with E-state index >= 15 is 0 Å². The number of benzene rings is 3. The molecule has 1 atom stereocenters. The van der Waals surface area contributed by atoms with Crippen molar-refractivity contribution in [2.75, 3.05) is 18.5 Å². The minimum absolute atomic E-state index is 0.170. The van der Waals surface area contributed by atoms with Crippen molar-refractivity contribution in [2.45, 2.75) is 26.7 Å². The van der Waals surface area contributed by atoms with Crippen molar-refractivity contribution in [2.24, 2.45) is 0 Å². The molecule has 5 nitrogen and oxygen atoms in total. The van der Waals surface area contributed by atoms with Gasteiger partial charge in [-0.25, -0.2) is 4.79 Å². The molecule has 0 aliphatic heterocycles. The summed E-state index contributed by atoms with van der Waals surface area (Å²) in [7, 11) is 0. The molecule has 0 heterocycles. The first kappa shape index (κ1) is 22.1. The largest absolute Gasteiger partial charge is 0.452 e. The van der Waals surface area contributed by atoms with Crippen LogP contribution in [0.2, 0.25) is 0 Å². The number of hydrogen-bond donors (Lipinski definition) is 2. The topological polar surface area (TPSA) is 67.4 Å². The molecule has 160 valence electrons. The Bertz CT molecular complexity index is 1050. The fourth-order valence-electron chi connectivity index (χ4n) is 3.23. The van der Waals surface area contributed by atoms with Gasteiger partial charge in [0.1, 0.15) is 0 Å². The second-order valence-corrected chi connectivity index (χ2v) is 7.61. The van der Waals surface area contributed by atoms with Crippen LogP contribution < -0.4 is 10.6 Å². The van der Waals surface area contributed by atoms with E-state index in [1.807, 2.05) is 81.4 Å². The quantitative estimate of drug-likeness (QED) is 0.500. The molecule has 3 aromatic carbocycles. The second kappa shape index (κ2) is 10.4. The van der Waals surface area contributed by atoms with E-state index in [1.54, 1.807) is 12.1 Å². The SMILES string of the molecule is Cc1cccc(Nc2ccccc2C(=O)OCC(=O)NC[C@H](C)c2ccccc2)c1C. The van der Waals surface area contributed by atoms with E-state index in [0.717, 1.165) is 22.4 Å². The lowest BCUT2D eigenvalue weighted by Crippen LogP contribution is -2.31. The summed E-state index contributed by atoms with van der Waals surface area (Å²) in [4.78, 5) is 24.8. The summed E-state index contributed by atoms with van der Waals surface area (Å²) >= 11 is 0. The summed E-state index contributed by atoms with van der Waals surface area (Å²) < 4.78 is 5.27. The van der Waals surface area contributed by atoms with Crippen LogP contribution >= 0.6 is 0 Å². The first-order chi connectivity index (χ1) is 15.0. The van der Waals surface area contributed by atoms with Gasteiger partial charge in [-0.1, -0.05) is 61.5 Å². The van der Waals surface area contributed by atoms with Gasteiger partial charge in [0.05, 0.1) is 11.3 Å². The number of amides is 1. The number of rotatable bonds is 8. The summed E-state index contributed by atoms with van der Waals surface area (Å²) in [5.74, 6) is -0.695. The zero-order valence-electron chi connectivity index (χ0n) is 18.1. The van der Waals surface area contributed by atoms with Gasteiger partial charge in [-0.3, -0.25) is 4.79 Å². The van der Waals surface area contributed by atoms with Gasteiger partial charge in [-0.15, -0.1) is 0 Å². The highest BCUT2D eigenvalue weighted by molar-refractivity contribution is 5.97. The summed E-state index contributed by atoms with van der Waals surface area (Å²) in [5.41, 5.74) is 5.36. The molecule has 2 N–H and O–H groups in total. The van der Waals surface area contributed by atoms with E-state index in [1.165, 1.54) is 0 Å². The average molecular weight is 417 g/mol. The maximum Gasteiger partial charge on any atom is 0.340 e. The van der Waals surface area contributed by atoms with Crippen LogP contribution in [0.3, 0.4) is 0 Å². The lowest BCUT2D eigenvalue weighted by Gasteiger charge is -2.15. The van der Waals surface area contributed by atoms with Crippen LogP contribution in [0.15, 0.2) is 72.8 Å². The Morgan fingerprint density at radius 1 is 0.871 bits per heavy atom. The maximum absolute atomic E-state index is 12.6. The lowest BCUT2D eigenvalue weighted by atomic mass is 10.0. The Labute approximate surface area is 183 Å². The highest BCUT2D eigenvalue weighted by Gasteiger charge is 2.15. The summed E-state index contributed by atoms with van der Waals surface area (Å²) in [6, 6.07) is 23.0. The van der Waals surface area contributed by atoms with E-state index in [2.05, 4.69) is 10.6 Å². The predicted molar refractivity (Wildman–Crippen MR) is 124 cm³/mol. The fraction of sp³-hybridized carbons (Fsp3) is 0.231. The third-order valence-corrected chi connectivity index (χ3v) is 5.33. The van der Waals surface area contributed by atoms with Gasteiger partial charge in [0.25, 0.3) is 5.91 Å². The molecule has 0 aliphatic carbocycles. The molecule has 3 rings (SSSR count). The maximum atomic E-state index is 12.6. The number of carbonyl (C=O) groups excluding carboxylic acids is 2. The number of para-hydroxylation sites is 1. The molecule has 0 aliphatic rings. The monoisotopic (exact) mass is 416 g/mol. The van der Waals surface area contributed by atoms with Gasteiger partial charge in [0, 0.05) is 12.2 Å². The smallest absolute Gasteiger partial charge is 0.340 e. The average Bonchev–Trinajstić information content (AvgIpc) is 2.79. The van der Waals surface area contributed by atoms with E-state index in [-0.39, 0.29) is 18.4 Å². The van der Waals surface area contributed by atoms with Gasteiger partial charge in [0.15, 0.2) is 6.61 Å². The standard InChI is InChI=1S/C26H28N2O3/c1-18-10-9-15-23(20(18)3)28-24-14-8-7-13-22(24)26(30)31-17-25(29)27-16-19(2)21-11-5-4-6-12-21/h4-15,19,28H,16-17H2,1-3H3,(H,27,29)/t19-/m0/s1. The molecule has 0 aromatic heterocycles. The number of nitrogens with one attached hydrogen (secondary N) is 2. The van der Waals surface area contributed by atoms with E-state index in [0.29, 0.717) is 17.8 Å². The lowest BCUT2D eigenvalue weighted by molar-refractivity contribution is -0.124. The van der Waals surface area contributed by atoms with Crippen LogP contribution in [0.1, 0.15) is 39.9 Å². The molecule has 1 amide bonds. The van der Waals surface area contributed by atoms with Crippen LogP contribution in [0.4, 0.5) is 11.4 Å². The molecule has 0 saturated heterocycles. The molecule has 5 heteroatoms. The molecule has 31 heavy (non-hydrogen) atoms. The van der Waals surface area contributed by atoms with Crippen molar-refractivity contribution >= 4 is 23.3 Å². The Kier molecular flexibility index (Phi) is 7.44. The molecular weight excluding hydrogens is 388 g/mol. The van der Waals surface area contributed by atoms with E-state index in [9.17, 15) is 9.59 Å². The summed E-state index contributed by atoms with van der Waals surface area (Å²) in [6.07, 6.45) is 0. The van der Waals surface area contributed by atoms with Crippen LogP contribution in [0.25, 0.3) is 0 Å². The van der Waals surface area contributed by atoms with Crippen molar-refractivity contribution in [3.8, 4) is 0 Å². The third kappa shape index (κ3) is 5.95. The van der Waals surface area contributed by atoms with Gasteiger partial charge >= 0.3 is 5.97 Å². The normalized spacial score (nSPS) is 11.5. The molecule has 3 aromatic rings. The number of esters is 1. The van der Waals surface area contributed by atoms with Crippen molar-refractivity contribution in [1.82, 2.24) is 5.32 Å². The van der Waals surface area contributed by atoms with Gasteiger partial charge in [-0.05, 0) is 54.7 Å². The highest BCUT2D eigenvalue weighted by Crippen LogP contribution is 2.25. The van der Waals surface area contributed by atoms with Crippen LogP contribution in [-0.4, -0.2) is 25.0 Å². The second-order valence-electron chi connectivity index (χ2n) is 7.61. The van der Waals surface area contributed by atoms with Crippen molar-refractivity contribution in [1.29, 1.82) is 0 Å². The van der Waals surface area contributed by atoms with Crippen molar-refractivity contribution < 1.29 is 14.3 Å². The first-order valence-electron chi connectivity index (χ1n) is 10.4. The fourth-order valence-corrected chi connectivity index (χ4v) is 3.23. The molecule has 0 saturated carbocycles. The van der Waals surface area contributed by atoms with Crippen LogP contribution in [0, 0.1) is 13.8 Å². The van der Waals surface area contributed by atoms with Crippen molar-refractivity contribution in [3.63, 3.8) is 0 Å². The Balaban J connectivity index is 1.57. The minimum atomic E-state index is -0.542. The van der Waals surface area contributed by atoms with E-state index in [4.69, 9.17) is 4.74 Å². The summed E-state index contributed by atoms with van der Waals surface area (Å²) in [6.45, 7) is 6.26. The van der Waals surface area contributed by atoms with Gasteiger partial charge < -0.3 is 15.4 Å². The highest BCUT2D eigenvalue weighted by atomic mass is 16.5. The van der Waals surface area contributed by atoms with Crippen LogP contribution in [-0.2, 0) is 9.53 Å². The molecular formula is C26H28N2O3. The molecule has 0 radical (unpaired) electrons. The Hall–Kier alpha value is -3.60. The zero-order chi connectivity index (χ0) is 22.2. The zero-order valence-corrected chi connectivity index (χ0v) is 18.1. The minimum Gasteiger partial charge on any atom is -0.452 e. The first-order valence-corrected chi connectivity index (χ1v) is 10.4. The number of ether oxygens (including phenoxy) is 1. The number of carbonyl (C=O) groups is 2. The van der Waals surface area contributed by atoms with Crippen LogP contribution in [0.5, 0.6) is 0 Å². The molecule has 0 spiro atoms. The number of hydrogen-bond acceptors (Lipinski definition) is 4. The Morgan fingerprint density at radius 3 is 2.32 bits per heavy atom. The van der Waals surface area contributed by atoms with E-state index < -0.39 is 5.97 Å². The van der Waals surface area contributed by atoms with Gasteiger partial charge in [-0.2, -0.15) is 0 Å². The molecule has 0 bridgehead atoms. The third-order valence-electron chi connectivity index (χ3n) is 5.33. The number of aryl methyl sites for hydroxylation is 1. The van der Waals surface area contributed by atoms with Gasteiger partial charge in [0.2, 0.25) is 0 Å². The Morgan fingerprint density at radius 2 is 1.55 bits per heavy atom. The summed E-state index contributed by atoms with van der Waals surface area (Å²) in [5, 5.41) is 6.13. The van der Waals surface area contributed by atoms with Crippen molar-refractivity contribution in [3.05, 3.63) is 95.1 Å². The number of anilines is 2. The molecule has 0 unspecified atom stereocenters.